The first-order valence-electron chi connectivity index (χ1n) is 6.57. The van der Waals surface area contributed by atoms with Crippen molar-refractivity contribution < 1.29 is 27.8 Å². The summed E-state index contributed by atoms with van der Waals surface area (Å²) in [5.41, 5.74) is 0.573. The van der Waals surface area contributed by atoms with Crippen LogP contribution in [0.2, 0.25) is 0 Å². The van der Waals surface area contributed by atoms with Crippen molar-refractivity contribution in [3.63, 3.8) is 0 Å². The molecule has 21 heavy (non-hydrogen) atoms. The molecule has 0 atom stereocenters. The van der Waals surface area contributed by atoms with E-state index in [2.05, 4.69) is 0 Å². The average molecular weight is 300 g/mol. The maximum absolute atomic E-state index is 12.2. The molecule has 0 heterocycles. The van der Waals surface area contributed by atoms with E-state index in [1.165, 1.54) is 18.2 Å². The highest BCUT2D eigenvalue weighted by molar-refractivity contribution is 5.87. The molecule has 1 rings (SSSR count). The van der Waals surface area contributed by atoms with Crippen LogP contribution in [0, 0.1) is 0 Å². The Bertz CT molecular complexity index is 475. The molecule has 0 aliphatic heterocycles. The topological polar surface area (TPSA) is 44.8 Å². The zero-order valence-electron chi connectivity index (χ0n) is 11.8. The number of halogens is 2. The lowest BCUT2D eigenvalue weighted by Crippen LogP contribution is -2.03. The number of ether oxygens (including phenoxy) is 3. The second kappa shape index (κ2) is 9.74. The van der Waals surface area contributed by atoms with Gasteiger partial charge in [0.1, 0.15) is 38.1 Å². The Morgan fingerprint density at radius 3 is 2.57 bits per heavy atom. The molecule has 0 aromatic heterocycles. The number of esters is 1. The largest absolute Gasteiger partial charge is 0.491 e. The first-order chi connectivity index (χ1) is 10.2. The molecule has 0 fully saturated rings. The van der Waals surface area contributed by atoms with Crippen molar-refractivity contribution in [1.29, 1.82) is 0 Å². The molecule has 0 amide bonds. The molecule has 0 saturated heterocycles. The van der Waals surface area contributed by atoms with E-state index in [0.29, 0.717) is 17.1 Å². The van der Waals surface area contributed by atoms with Gasteiger partial charge in [0.05, 0.1) is 6.61 Å². The minimum Gasteiger partial charge on any atom is -0.491 e. The molecular weight excluding hydrogens is 282 g/mol. The predicted octanol–water partition coefficient (Wildman–Crippen LogP) is 2.96. The zero-order chi connectivity index (χ0) is 15.5. The van der Waals surface area contributed by atoms with Gasteiger partial charge in [-0.25, -0.2) is 13.6 Å². The van der Waals surface area contributed by atoms with Crippen molar-refractivity contribution in [2.75, 3.05) is 33.2 Å². The molecule has 1 aromatic carbocycles. The van der Waals surface area contributed by atoms with Crippen molar-refractivity contribution in [1.82, 2.24) is 0 Å². The first-order valence-corrected chi connectivity index (χ1v) is 6.57. The van der Waals surface area contributed by atoms with E-state index in [4.69, 9.17) is 14.2 Å². The summed E-state index contributed by atoms with van der Waals surface area (Å²) >= 11 is 0. The Kier molecular flexibility index (Phi) is 7.86. The van der Waals surface area contributed by atoms with Crippen LogP contribution in [-0.4, -0.2) is 39.1 Å². The third-order valence-corrected chi connectivity index (χ3v) is 2.35. The smallest absolute Gasteiger partial charge is 0.330 e. The Hall–Kier alpha value is -2.11. The van der Waals surface area contributed by atoms with E-state index in [-0.39, 0.29) is 19.8 Å². The fourth-order valence-corrected chi connectivity index (χ4v) is 1.52. The molecule has 4 nitrogen and oxygen atoms in total. The van der Waals surface area contributed by atoms with E-state index in [0.717, 1.165) is 0 Å². The molecule has 0 spiro atoms. The molecule has 0 aliphatic carbocycles. The van der Waals surface area contributed by atoms with Crippen molar-refractivity contribution in [3.05, 3.63) is 29.8 Å². The molecular formula is C15H18F2O4. The monoisotopic (exact) mass is 300 g/mol. The summed E-state index contributed by atoms with van der Waals surface area (Å²) in [4.78, 5) is 11.3. The van der Waals surface area contributed by atoms with Crippen molar-refractivity contribution in [2.24, 2.45) is 0 Å². The highest BCUT2D eigenvalue weighted by Gasteiger charge is 2.05. The number of hydrogen-bond acceptors (Lipinski definition) is 4. The molecule has 0 aliphatic rings. The van der Waals surface area contributed by atoms with Gasteiger partial charge in [0, 0.05) is 17.7 Å². The van der Waals surface area contributed by atoms with Crippen LogP contribution in [0.15, 0.2) is 24.3 Å². The van der Waals surface area contributed by atoms with Crippen LogP contribution in [-0.2, 0) is 9.53 Å². The summed E-state index contributed by atoms with van der Waals surface area (Å²) in [5, 5.41) is 0. The van der Waals surface area contributed by atoms with Gasteiger partial charge in [0.2, 0.25) is 0 Å². The van der Waals surface area contributed by atoms with E-state index in [9.17, 15) is 13.6 Å². The van der Waals surface area contributed by atoms with Crippen LogP contribution >= 0.6 is 0 Å². The normalized spacial score (nSPS) is 10.6. The Labute approximate surface area is 122 Å². The summed E-state index contributed by atoms with van der Waals surface area (Å²) < 4.78 is 39.5. The molecule has 0 unspecified atom stereocenters. The Morgan fingerprint density at radius 2 is 1.90 bits per heavy atom. The highest BCUT2D eigenvalue weighted by atomic mass is 19.1. The predicted molar refractivity (Wildman–Crippen MR) is 75.0 cm³/mol. The number of alkyl halides is 2. The van der Waals surface area contributed by atoms with Crippen LogP contribution in [0.25, 0.3) is 6.08 Å². The van der Waals surface area contributed by atoms with Gasteiger partial charge in [0.25, 0.3) is 0 Å². The van der Waals surface area contributed by atoms with Crippen LogP contribution in [0.1, 0.15) is 12.5 Å². The summed E-state index contributed by atoms with van der Waals surface area (Å²) in [5.74, 6) is 0.283. The molecule has 6 heteroatoms. The number of carbonyl (C=O) groups excluding carboxylic acids is 1. The maximum atomic E-state index is 12.2. The standard InChI is InChI=1S/C15H18F2O4/c1-2-19-15(18)6-4-12-3-5-13(20-9-7-16)11-14(12)21-10-8-17/h3-6,11H,2,7-10H2,1H3/b6-4+. The van der Waals surface area contributed by atoms with E-state index in [1.54, 1.807) is 19.1 Å². The maximum Gasteiger partial charge on any atom is 0.330 e. The molecule has 0 saturated carbocycles. The van der Waals surface area contributed by atoms with Gasteiger partial charge < -0.3 is 14.2 Å². The van der Waals surface area contributed by atoms with E-state index >= 15 is 0 Å². The first kappa shape index (κ1) is 16.9. The highest BCUT2D eigenvalue weighted by Crippen LogP contribution is 2.26. The lowest BCUT2D eigenvalue weighted by molar-refractivity contribution is -0.137. The van der Waals surface area contributed by atoms with Gasteiger partial charge in [-0.1, -0.05) is 0 Å². The lowest BCUT2D eigenvalue weighted by atomic mass is 10.1. The molecule has 0 N–H and O–H groups in total. The van der Waals surface area contributed by atoms with Gasteiger partial charge >= 0.3 is 5.97 Å². The number of benzene rings is 1. The van der Waals surface area contributed by atoms with Crippen molar-refractivity contribution >= 4 is 12.0 Å². The minimum absolute atomic E-state index is 0.0689. The van der Waals surface area contributed by atoms with Crippen LogP contribution in [0.4, 0.5) is 8.78 Å². The fourth-order valence-electron chi connectivity index (χ4n) is 1.52. The van der Waals surface area contributed by atoms with E-state index < -0.39 is 19.3 Å². The van der Waals surface area contributed by atoms with E-state index in [1.807, 2.05) is 0 Å². The molecule has 0 radical (unpaired) electrons. The second-order valence-electron chi connectivity index (χ2n) is 3.86. The third kappa shape index (κ3) is 6.25. The molecule has 116 valence electrons. The van der Waals surface area contributed by atoms with Crippen molar-refractivity contribution in [2.45, 2.75) is 6.92 Å². The zero-order valence-corrected chi connectivity index (χ0v) is 11.8. The quantitative estimate of drug-likeness (QED) is 0.519. The summed E-state index contributed by atoms with van der Waals surface area (Å²) in [7, 11) is 0. The number of rotatable bonds is 9. The van der Waals surface area contributed by atoms with Gasteiger partial charge in [0.15, 0.2) is 0 Å². The summed E-state index contributed by atoms with van der Waals surface area (Å²) in [6.45, 7) is 0.554. The van der Waals surface area contributed by atoms with Crippen LogP contribution in [0.5, 0.6) is 11.5 Å². The third-order valence-electron chi connectivity index (χ3n) is 2.35. The molecule has 0 bridgehead atoms. The Balaban J connectivity index is 2.87. The van der Waals surface area contributed by atoms with Gasteiger partial charge in [-0.3, -0.25) is 0 Å². The van der Waals surface area contributed by atoms with Crippen LogP contribution < -0.4 is 9.47 Å². The SMILES string of the molecule is CCOC(=O)/C=C/c1ccc(OCCF)cc1OCCF. The minimum atomic E-state index is -0.642. The van der Waals surface area contributed by atoms with Gasteiger partial charge in [-0.15, -0.1) is 0 Å². The fraction of sp³-hybridized carbons (Fsp3) is 0.400. The second-order valence-corrected chi connectivity index (χ2v) is 3.86. The summed E-state index contributed by atoms with van der Waals surface area (Å²) in [6.07, 6.45) is 2.76. The number of hydrogen-bond donors (Lipinski definition) is 0. The average Bonchev–Trinajstić information content (AvgIpc) is 2.50. The lowest BCUT2D eigenvalue weighted by Gasteiger charge is -2.10. The van der Waals surface area contributed by atoms with Gasteiger partial charge in [-0.05, 0) is 25.1 Å². The van der Waals surface area contributed by atoms with Gasteiger partial charge in [-0.2, -0.15) is 0 Å². The Morgan fingerprint density at radius 1 is 1.19 bits per heavy atom. The molecule has 1 aromatic rings. The van der Waals surface area contributed by atoms with Crippen molar-refractivity contribution in [3.8, 4) is 11.5 Å². The number of carbonyl (C=O) groups is 1. The summed E-state index contributed by atoms with van der Waals surface area (Å²) in [6, 6.07) is 4.77. The van der Waals surface area contributed by atoms with Crippen LogP contribution in [0.3, 0.4) is 0 Å².